The second-order valence-electron chi connectivity index (χ2n) is 10.2. The maximum absolute atomic E-state index is 13.6. The molecule has 0 amide bonds. The molecule has 1 aliphatic heterocycles. The van der Waals surface area contributed by atoms with E-state index < -0.39 is 5.92 Å². The van der Waals surface area contributed by atoms with Crippen molar-refractivity contribution in [2.45, 2.75) is 32.6 Å². The van der Waals surface area contributed by atoms with Crippen molar-refractivity contribution in [2.75, 3.05) is 0 Å². The summed E-state index contributed by atoms with van der Waals surface area (Å²) in [4.78, 5) is 32.0. The molecule has 3 aromatic rings. The summed E-state index contributed by atoms with van der Waals surface area (Å²) in [5.74, 6) is -0.523. The highest BCUT2D eigenvalue weighted by Crippen LogP contribution is 2.51. The van der Waals surface area contributed by atoms with E-state index >= 15 is 0 Å². The van der Waals surface area contributed by atoms with E-state index in [1.807, 2.05) is 42.5 Å². The highest BCUT2D eigenvalue weighted by atomic mass is 16.1. The first-order chi connectivity index (χ1) is 15.9. The van der Waals surface area contributed by atoms with Crippen molar-refractivity contribution < 1.29 is 9.59 Å². The number of benzene rings is 3. The maximum atomic E-state index is 13.6. The van der Waals surface area contributed by atoms with Gasteiger partial charge in [0.2, 0.25) is 0 Å². The summed E-state index contributed by atoms with van der Waals surface area (Å²) < 4.78 is 0. The van der Waals surface area contributed by atoms with Gasteiger partial charge in [0, 0.05) is 34.7 Å². The van der Waals surface area contributed by atoms with E-state index in [0.29, 0.717) is 6.42 Å². The third kappa shape index (κ3) is 3.14. The van der Waals surface area contributed by atoms with Crippen LogP contribution in [-0.4, -0.2) is 17.3 Å². The summed E-state index contributed by atoms with van der Waals surface area (Å²) in [6.45, 7) is 4.25. The van der Waals surface area contributed by atoms with E-state index in [0.717, 1.165) is 51.2 Å². The quantitative estimate of drug-likeness (QED) is 0.472. The predicted molar refractivity (Wildman–Crippen MR) is 130 cm³/mol. The zero-order valence-electron chi connectivity index (χ0n) is 18.8. The molecule has 162 valence electrons. The van der Waals surface area contributed by atoms with Gasteiger partial charge in [0.1, 0.15) is 0 Å². The molecule has 3 nitrogen and oxygen atoms in total. The van der Waals surface area contributed by atoms with Crippen molar-refractivity contribution in [1.82, 2.24) is 0 Å². The molecule has 0 saturated carbocycles. The van der Waals surface area contributed by atoms with Gasteiger partial charge in [0.05, 0.1) is 11.6 Å². The van der Waals surface area contributed by atoms with Crippen molar-refractivity contribution >= 4 is 17.3 Å². The molecule has 3 heteroatoms. The van der Waals surface area contributed by atoms with E-state index in [2.05, 4.69) is 50.2 Å². The SMILES string of the molecule is CC1(C)CC(=O)C2=C(C1)N=C1c3ccccc3C(=O)[C@H]1[C@@H]2c1ccc(-c2ccccc2)cc1. The standard InChI is InChI=1S/C30H25NO2/c1-30(2)16-23-26(24(32)17-30)25(20-14-12-19(13-15-20)18-8-4-3-5-9-18)27-28(31-23)21-10-6-7-11-22(21)29(27)33/h3-15,25,27H,16-17H2,1-2H3/t25-,27+/m1/s1. The first-order valence-corrected chi connectivity index (χ1v) is 11.6. The number of rotatable bonds is 2. The Kier molecular flexibility index (Phi) is 4.38. The number of allylic oxidation sites excluding steroid dienone is 2. The molecule has 0 N–H and O–H groups in total. The summed E-state index contributed by atoms with van der Waals surface area (Å²) in [6.07, 6.45) is 1.24. The predicted octanol–water partition coefficient (Wildman–Crippen LogP) is 6.40. The Morgan fingerprint density at radius 1 is 0.727 bits per heavy atom. The Hall–Kier alpha value is -3.59. The average molecular weight is 432 g/mol. The van der Waals surface area contributed by atoms with E-state index in [9.17, 15) is 9.59 Å². The van der Waals surface area contributed by atoms with Gasteiger partial charge < -0.3 is 0 Å². The number of aliphatic imine (C=N–C) groups is 1. The zero-order chi connectivity index (χ0) is 22.7. The third-order valence-electron chi connectivity index (χ3n) is 7.22. The Morgan fingerprint density at radius 2 is 1.36 bits per heavy atom. The molecule has 0 radical (unpaired) electrons. The average Bonchev–Trinajstić information content (AvgIpc) is 3.10. The minimum Gasteiger partial charge on any atom is -0.294 e. The zero-order valence-corrected chi connectivity index (χ0v) is 18.8. The van der Waals surface area contributed by atoms with Crippen LogP contribution in [0.2, 0.25) is 0 Å². The van der Waals surface area contributed by atoms with Crippen molar-refractivity contribution in [3.8, 4) is 11.1 Å². The van der Waals surface area contributed by atoms with E-state index in [4.69, 9.17) is 4.99 Å². The summed E-state index contributed by atoms with van der Waals surface area (Å²) in [7, 11) is 0. The molecule has 0 bridgehead atoms. The van der Waals surface area contributed by atoms with Gasteiger partial charge in [-0.15, -0.1) is 0 Å². The Morgan fingerprint density at radius 3 is 2.09 bits per heavy atom. The fraction of sp³-hybridized carbons (Fsp3) is 0.233. The monoisotopic (exact) mass is 431 g/mol. The number of carbonyl (C=O) groups is 2. The third-order valence-corrected chi connectivity index (χ3v) is 7.22. The smallest absolute Gasteiger partial charge is 0.173 e. The number of nitrogens with zero attached hydrogens (tertiary/aromatic N) is 1. The topological polar surface area (TPSA) is 46.5 Å². The van der Waals surface area contributed by atoms with Crippen molar-refractivity contribution in [2.24, 2.45) is 16.3 Å². The molecule has 0 fully saturated rings. The normalized spacial score (nSPS) is 23.0. The fourth-order valence-corrected chi connectivity index (χ4v) is 5.76. The van der Waals surface area contributed by atoms with Crippen molar-refractivity contribution in [3.63, 3.8) is 0 Å². The molecule has 2 aliphatic carbocycles. The van der Waals surface area contributed by atoms with Gasteiger partial charge in [-0.3, -0.25) is 14.6 Å². The Balaban J connectivity index is 1.52. The van der Waals surface area contributed by atoms with Crippen LogP contribution in [0.5, 0.6) is 0 Å². The minimum absolute atomic E-state index is 0.0747. The van der Waals surface area contributed by atoms with Crippen molar-refractivity contribution in [1.29, 1.82) is 0 Å². The minimum atomic E-state index is -0.436. The van der Waals surface area contributed by atoms with Gasteiger partial charge in [-0.25, -0.2) is 0 Å². The Labute approximate surface area is 193 Å². The lowest BCUT2D eigenvalue weighted by atomic mass is 9.66. The molecular formula is C30H25NO2. The molecule has 3 aromatic carbocycles. The lowest BCUT2D eigenvalue weighted by molar-refractivity contribution is -0.118. The second kappa shape index (κ2) is 7.21. The highest BCUT2D eigenvalue weighted by Gasteiger charge is 2.50. The van der Waals surface area contributed by atoms with Crippen LogP contribution in [0, 0.1) is 11.3 Å². The Bertz CT molecular complexity index is 1360. The molecule has 6 rings (SSSR count). The number of Topliss-reactive ketones (excluding diaryl/α,β-unsaturated/α-hetero) is 2. The summed E-state index contributed by atoms with van der Waals surface area (Å²) in [5.41, 5.74) is 7.23. The van der Waals surface area contributed by atoms with Crippen molar-refractivity contribution in [3.05, 3.63) is 107 Å². The number of ketones is 2. The van der Waals surface area contributed by atoms with E-state index in [1.54, 1.807) is 0 Å². The van der Waals surface area contributed by atoms with Gasteiger partial charge in [-0.1, -0.05) is 92.7 Å². The fourth-order valence-electron chi connectivity index (χ4n) is 5.76. The molecule has 1 heterocycles. The largest absolute Gasteiger partial charge is 0.294 e. The summed E-state index contributed by atoms with van der Waals surface area (Å²) >= 11 is 0. The molecule has 2 atom stereocenters. The maximum Gasteiger partial charge on any atom is 0.173 e. The van der Waals surface area contributed by atoms with E-state index in [-0.39, 0.29) is 22.9 Å². The molecule has 3 aliphatic rings. The van der Waals surface area contributed by atoms with Crippen LogP contribution >= 0.6 is 0 Å². The summed E-state index contributed by atoms with van der Waals surface area (Å²) in [5, 5.41) is 0. The highest BCUT2D eigenvalue weighted by molar-refractivity contribution is 6.30. The number of fused-ring (bicyclic) bond motifs is 3. The van der Waals surface area contributed by atoms with E-state index in [1.165, 1.54) is 0 Å². The molecule has 33 heavy (non-hydrogen) atoms. The second-order valence-corrected chi connectivity index (χ2v) is 10.2. The molecule has 0 spiro atoms. The molecule has 0 aromatic heterocycles. The van der Waals surface area contributed by atoms with Crippen LogP contribution in [0.4, 0.5) is 0 Å². The van der Waals surface area contributed by atoms with Crippen LogP contribution in [0.15, 0.2) is 95.1 Å². The lowest BCUT2D eigenvalue weighted by Crippen LogP contribution is -2.37. The van der Waals surface area contributed by atoms with Gasteiger partial charge in [0.15, 0.2) is 11.6 Å². The summed E-state index contributed by atoms with van der Waals surface area (Å²) in [6, 6.07) is 26.3. The number of hydrogen-bond donors (Lipinski definition) is 0. The van der Waals surface area contributed by atoms with Crippen LogP contribution < -0.4 is 0 Å². The molecule has 0 saturated heterocycles. The number of hydrogen-bond acceptors (Lipinski definition) is 3. The van der Waals surface area contributed by atoms with Gasteiger partial charge >= 0.3 is 0 Å². The van der Waals surface area contributed by atoms with Gasteiger partial charge in [-0.05, 0) is 28.5 Å². The van der Waals surface area contributed by atoms with Gasteiger partial charge in [0.25, 0.3) is 0 Å². The van der Waals surface area contributed by atoms with Crippen LogP contribution in [0.1, 0.15) is 54.1 Å². The molecule has 0 unspecified atom stereocenters. The van der Waals surface area contributed by atoms with Gasteiger partial charge in [-0.2, -0.15) is 0 Å². The lowest BCUT2D eigenvalue weighted by Gasteiger charge is -2.38. The first-order valence-electron chi connectivity index (χ1n) is 11.6. The first kappa shape index (κ1) is 20.0. The van der Waals surface area contributed by atoms with Crippen LogP contribution in [-0.2, 0) is 4.79 Å². The number of carbonyl (C=O) groups excluding carboxylic acids is 2. The van der Waals surface area contributed by atoms with Crippen LogP contribution in [0.3, 0.4) is 0 Å². The van der Waals surface area contributed by atoms with Crippen LogP contribution in [0.25, 0.3) is 11.1 Å². The molecular weight excluding hydrogens is 406 g/mol.